The summed E-state index contributed by atoms with van der Waals surface area (Å²) in [6.07, 6.45) is -5.52. The minimum atomic E-state index is -5.52. The maximum Gasteiger partial charge on any atom is 0.458 e. The number of alkyl halides is 4. The normalized spacial score (nSPS) is 14.2. The highest BCUT2D eigenvalue weighted by molar-refractivity contribution is 5.98. The van der Waals surface area contributed by atoms with Gasteiger partial charge in [0.05, 0.1) is 19.9 Å². The van der Waals surface area contributed by atoms with Crippen molar-refractivity contribution in [1.29, 1.82) is 0 Å². The van der Waals surface area contributed by atoms with Crippen LogP contribution in [0, 0.1) is 0 Å². The maximum atomic E-state index is 13.7. The third-order valence-electron chi connectivity index (χ3n) is 2.59. The van der Waals surface area contributed by atoms with Gasteiger partial charge in [0.1, 0.15) is 11.5 Å². The van der Waals surface area contributed by atoms with Crippen LogP contribution in [-0.2, 0) is 9.53 Å². The maximum absolute atomic E-state index is 13.7. The molecule has 0 aliphatic rings. The molecule has 0 aromatic heterocycles. The highest BCUT2D eigenvalue weighted by Gasteiger charge is 2.63. The zero-order chi connectivity index (χ0) is 16.3. The smallest absolute Gasteiger partial charge is 0.458 e. The van der Waals surface area contributed by atoms with Gasteiger partial charge in [-0.05, 0) is 12.1 Å². The van der Waals surface area contributed by atoms with Crippen LogP contribution in [0.4, 0.5) is 23.2 Å². The molecule has 0 bridgehead atoms. The number of carbonyl (C=O) groups excluding carboxylic acids is 1. The van der Waals surface area contributed by atoms with Gasteiger partial charge in [-0.3, -0.25) is 4.79 Å². The van der Waals surface area contributed by atoms with E-state index in [0.29, 0.717) is 12.9 Å². The Morgan fingerprint density at radius 1 is 1.10 bits per heavy atom. The van der Waals surface area contributed by atoms with E-state index >= 15 is 0 Å². The third kappa shape index (κ3) is 3.35. The van der Waals surface area contributed by atoms with Gasteiger partial charge in [-0.2, -0.15) is 17.6 Å². The molecule has 1 amide bonds. The molecule has 0 saturated carbocycles. The number of hydrogen-bond donors (Lipinski definition) is 1. The Morgan fingerprint density at radius 2 is 1.71 bits per heavy atom. The Bertz CT molecular complexity index is 520. The second-order valence-electron chi connectivity index (χ2n) is 3.82. The minimum Gasteiger partial charge on any atom is -0.497 e. The van der Waals surface area contributed by atoms with E-state index < -0.39 is 17.9 Å². The number of halogens is 4. The predicted molar refractivity (Wildman–Crippen MR) is 65.1 cm³/mol. The fraction of sp³-hybridized carbons (Fsp3) is 0.417. The van der Waals surface area contributed by atoms with Gasteiger partial charge in [0, 0.05) is 13.2 Å². The summed E-state index contributed by atoms with van der Waals surface area (Å²) in [5, 5.41) is 1.77. The largest absolute Gasteiger partial charge is 0.497 e. The van der Waals surface area contributed by atoms with Crippen molar-refractivity contribution in [3.8, 4) is 11.5 Å². The van der Waals surface area contributed by atoms with Gasteiger partial charge in [-0.15, -0.1) is 0 Å². The van der Waals surface area contributed by atoms with Crippen LogP contribution in [0.5, 0.6) is 11.5 Å². The second-order valence-corrected chi connectivity index (χ2v) is 3.82. The van der Waals surface area contributed by atoms with Crippen LogP contribution < -0.4 is 14.8 Å². The standard InChI is InChI=1S/C12H13F4NO4/c1-19-7-4-5-8(9(6-7)20-2)17-10(18)11(13,21-3)12(14,15)16/h4-6H,1-3H3,(H,17,18)/t11-/m1/s1. The van der Waals surface area contributed by atoms with Crippen LogP contribution in [0.2, 0.25) is 0 Å². The summed E-state index contributed by atoms with van der Waals surface area (Å²) in [5.41, 5.74) is -0.161. The van der Waals surface area contributed by atoms with Crippen molar-refractivity contribution in [3.05, 3.63) is 18.2 Å². The van der Waals surface area contributed by atoms with E-state index in [1.54, 1.807) is 5.32 Å². The van der Waals surface area contributed by atoms with Crippen LogP contribution in [0.3, 0.4) is 0 Å². The number of hydrogen-bond acceptors (Lipinski definition) is 4. The summed E-state index contributed by atoms with van der Waals surface area (Å²) in [7, 11) is 3.04. The zero-order valence-corrected chi connectivity index (χ0v) is 11.4. The van der Waals surface area contributed by atoms with Gasteiger partial charge in [0.15, 0.2) is 0 Å². The molecule has 0 aliphatic heterocycles. The highest BCUT2D eigenvalue weighted by atomic mass is 19.4. The van der Waals surface area contributed by atoms with Gasteiger partial charge < -0.3 is 19.5 Å². The minimum absolute atomic E-state index is 0.00308. The van der Waals surface area contributed by atoms with Crippen LogP contribution >= 0.6 is 0 Å². The first kappa shape index (κ1) is 17.0. The van der Waals surface area contributed by atoms with E-state index in [9.17, 15) is 22.4 Å². The average molecular weight is 311 g/mol. The summed E-state index contributed by atoms with van der Waals surface area (Å²) < 4.78 is 64.8. The first-order chi connectivity index (χ1) is 9.69. The molecule has 1 N–H and O–H groups in total. The SMILES string of the molecule is COc1ccc(NC(=O)[C@@](F)(OC)C(F)(F)F)c(OC)c1. The summed E-state index contributed by atoms with van der Waals surface area (Å²) >= 11 is 0. The summed E-state index contributed by atoms with van der Waals surface area (Å²) in [6, 6.07) is 3.89. The summed E-state index contributed by atoms with van der Waals surface area (Å²) in [5.74, 6) is -6.12. The Kier molecular flexibility index (Phi) is 5.00. The lowest BCUT2D eigenvalue weighted by Crippen LogP contribution is -2.52. The topological polar surface area (TPSA) is 56.8 Å². The molecule has 5 nitrogen and oxygen atoms in total. The van der Waals surface area contributed by atoms with E-state index in [-0.39, 0.29) is 11.4 Å². The molecule has 0 fully saturated rings. The molecular weight excluding hydrogens is 298 g/mol. The van der Waals surface area contributed by atoms with Crippen molar-refractivity contribution >= 4 is 11.6 Å². The number of nitrogens with one attached hydrogen (secondary N) is 1. The van der Waals surface area contributed by atoms with Gasteiger partial charge in [-0.1, -0.05) is 0 Å². The quantitative estimate of drug-likeness (QED) is 0.849. The highest BCUT2D eigenvalue weighted by Crippen LogP contribution is 2.37. The number of ether oxygens (including phenoxy) is 3. The molecule has 0 spiro atoms. The molecule has 1 atom stereocenters. The number of rotatable bonds is 5. The number of anilines is 1. The Morgan fingerprint density at radius 3 is 2.14 bits per heavy atom. The van der Waals surface area contributed by atoms with Crippen LogP contribution in [-0.4, -0.2) is 39.3 Å². The van der Waals surface area contributed by atoms with Crippen molar-refractivity contribution in [1.82, 2.24) is 0 Å². The monoisotopic (exact) mass is 311 g/mol. The number of carbonyl (C=O) groups is 1. The lowest BCUT2D eigenvalue weighted by Gasteiger charge is -2.25. The number of amides is 1. The molecule has 0 radical (unpaired) electrons. The molecule has 1 aromatic carbocycles. The summed E-state index contributed by atoms with van der Waals surface area (Å²) in [6.45, 7) is 0. The fourth-order valence-electron chi connectivity index (χ4n) is 1.44. The van der Waals surface area contributed by atoms with Crippen molar-refractivity contribution in [2.75, 3.05) is 26.6 Å². The van der Waals surface area contributed by atoms with Gasteiger partial charge in [0.2, 0.25) is 0 Å². The van der Waals surface area contributed by atoms with E-state index in [4.69, 9.17) is 9.47 Å². The van der Waals surface area contributed by atoms with Crippen LogP contribution in [0.1, 0.15) is 0 Å². The van der Waals surface area contributed by atoms with E-state index in [1.807, 2.05) is 0 Å². The first-order valence-corrected chi connectivity index (χ1v) is 5.54. The molecule has 21 heavy (non-hydrogen) atoms. The van der Waals surface area contributed by atoms with Crippen molar-refractivity contribution in [2.24, 2.45) is 0 Å². The lowest BCUT2D eigenvalue weighted by molar-refractivity contribution is -0.305. The number of methoxy groups -OCH3 is 3. The average Bonchev–Trinajstić information content (AvgIpc) is 2.45. The second kappa shape index (κ2) is 6.17. The zero-order valence-electron chi connectivity index (χ0n) is 11.4. The fourth-order valence-corrected chi connectivity index (χ4v) is 1.44. The van der Waals surface area contributed by atoms with Crippen molar-refractivity contribution < 1.29 is 36.6 Å². The first-order valence-electron chi connectivity index (χ1n) is 5.54. The molecular formula is C12H13F4NO4. The van der Waals surface area contributed by atoms with Gasteiger partial charge in [0.25, 0.3) is 5.91 Å². The number of benzene rings is 1. The predicted octanol–water partition coefficient (Wildman–Crippen LogP) is 2.52. The molecule has 9 heteroatoms. The molecule has 1 rings (SSSR count). The third-order valence-corrected chi connectivity index (χ3v) is 2.59. The molecule has 0 unspecified atom stereocenters. The van der Waals surface area contributed by atoms with Gasteiger partial charge >= 0.3 is 12.0 Å². The Hall–Kier alpha value is -2.03. The molecule has 0 saturated heterocycles. The molecule has 0 aliphatic carbocycles. The van der Waals surface area contributed by atoms with Crippen molar-refractivity contribution in [2.45, 2.75) is 12.0 Å². The van der Waals surface area contributed by atoms with E-state index in [0.717, 1.165) is 0 Å². The lowest BCUT2D eigenvalue weighted by atomic mass is 10.2. The van der Waals surface area contributed by atoms with Crippen molar-refractivity contribution in [3.63, 3.8) is 0 Å². The van der Waals surface area contributed by atoms with Gasteiger partial charge in [-0.25, -0.2) is 0 Å². The van der Waals surface area contributed by atoms with E-state index in [1.165, 1.54) is 32.4 Å². The molecule has 118 valence electrons. The summed E-state index contributed by atoms with van der Waals surface area (Å²) in [4.78, 5) is 11.5. The Labute approximate surface area is 117 Å². The molecule has 1 aromatic rings. The van der Waals surface area contributed by atoms with E-state index in [2.05, 4.69) is 4.74 Å². The van der Waals surface area contributed by atoms with Crippen LogP contribution in [0.25, 0.3) is 0 Å². The molecule has 0 heterocycles. The van der Waals surface area contributed by atoms with Crippen LogP contribution in [0.15, 0.2) is 18.2 Å². The Balaban J connectivity index is 3.08.